The van der Waals surface area contributed by atoms with E-state index in [1.165, 1.54) is 11.4 Å². The Bertz CT molecular complexity index is 794. The number of aryl methyl sites for hydroxylation is 2. The molecule has 1 N–H and O–H groups in total. The van der Waals surface area contributed by atoms with E-state index in [1.54, 1.807) is 18.4 Å². The molecule has 0 fully saturated rings. The summed E-state index contributed by atoms with van der Waals surface area (Å²) in [5.74, 6) is 0.831. The van der Waals surface area contributed by atoms with Gasteiger partial charge in [-0.3, -0.25) is 4.40 Å². The minimum absolute atomic E-state index is 0.739. The van der Waals surface area contributed by atoms with Crippen molar-refractivity contribution in [2.45, 2.75) is 20.4 Å². The van der Waals surface area contributed by atoms with Crippen molar-refractivity contribution in [2.24, 2.45) is 0 Å². The predicted octanol–water partition coefficient (Wildman–Crippen LogP) is 4.40. The van der Waals surface area contributed by atoms with Gasteiger partial charge < -0.3 is 10.1 Å². The zero-order valence-electron chi connectivity index (χ0n) is 12.1. The minimum atomic E-state index is 0.739. The molecule has 3 rings (SSSR count). The van der Waals surface area contributed by atoms with E-state index in [2.05, 4.69) is 49.9 Å². The van der Waals surface area contributed by atoms with Gasteiger partial charge in [0.1, 0.15) is 5.75 Å². The average molecular weight is 366 g/mol. The fraction of sp³-hybridized carbons (Fsp3) is 0.267. The van der Waals surface area contributed by atoms with Gasteiger partial charge in [0.25, 0.3) is 0 Å². The van der Waals surface area contributed by atoms with Crippen LogP contribution in [0.15, 0.2) is 28.1 Å². The highest BCUT2D eigenvalue weighted by atomic mass is 79.9. The number of methoxy groups -OCH3 is 1. The second-order valence-electron chi connectivity index (χ2n) is 4.84. The fourth-order valence-corrected chi connectivity index (χ4v) is 3.81. The van der Waals surface area contributed by atoms with Gasteiger partial charge in [-0.1, -0.05) is 0 Å². The molecule has 0 amide bonds. The number of aromatic nitrogens is 2. The number of nitrogens with zero attached hydrogens (tertiary/aromatic N) is 2. The van der Waals surface area contributed by atoms with E-state index in [-0.39, 0.29) is 0 Å². The van der Waals surface area contributed by atoms with Crippen LogP contribution in [0.1, 0.15) is 17.1 Å². The summed E-state index contributed by atoms with van der Waals surface area (Å²) >= 11 is 5.18. The molecular weight excluding hydrogens is 350 g/mol. The van der Waals surface area contributed by atoms with E-state index in [9.17, 15) is 0 Å². The largest absolute Gasteiger partial charge is 0.496 e. The number of ether oxygens (including phenoxy) is 1. The topological polar surface area (TPSA) is 38.6 Å². The predicted molar refractivity (Wildman–Crippen MR) is 90.6 cm³/mol. The van der Waals surface area contributed by atoms with Crippen molar-refractivity contribution >= 4 is 37.9 Å². The van der Waals surface area contributed by atoms with E-state index in [0.717, 1.165) is 33.1 Å². The molecule has 0 saturated carbocycles. The van der Waals surface area contributed by atoms with Crippen molar-refractivity contribution in [3.63, 3.8) is 0 Å². The molecule has 3 aromatic rings. The van der Waals surface area contributed by atoms with Gasteiger partial charge in [-0.05, 0) is 48.0 Å². The van der Waals surface area contributed by atoms with Crippen LogP contribution in [-0.2, 0) is 6.54 Å². The summed E-state index contributed by atoms with van der Waals surface area (Å²) in [5.41, 5.74) is 4.55. The Morgan fingerprint density at radius 2 is 2.19 bits per heavy atom. The number of hydrogen-bond donors (Lipinski definition) is 1. The maximum atomic E-state index is 5.25. The number of halogens is 1. The Balaban J connectivity index is 1.85. The number of benzene rings is 1. The van der Waals surface area contributed by atoms with E-state index >= 15 is 0 Å². The first kappa shape index (κ1) is 14.4. The third kappa shape index (κ3) is 2.65. The van der Waals surface area contributed by atoms with Crippen LogP contribution in [0, 0.1) is 13.8 Å². The minimum Gasteiger partial charge on any atom is -0.496 e. The Morgan fingerprint density at radius 3 is 2.90 bits per heavy atom. The smallest absolute Gasteiger partial charge is 0.194 e. The summed E-state index contributed by atoms with van der Waals surface area (Å²) < 4.78 is 8.40. The first-order chi connectivity index (χ1) is 10.1. The van der Waals surface area contributed by atoms with Gasteiger partial charge in [0.15, 0.2) is 4.96 Å². The lowest BCUT2D eigenvalue weighted by Gasteiger charge is -2.10. The summed E-state index contributed by atoms with van der Waals surface area (Å²) in [6.07, 6.45) is 0. The molecule has 21 heavy (non-hydrogen) atoms. The quantitative estimate of drug-likeness (QED) is 0.744. The number of anilines is 1. The fourth-order valence-electron chi connectivity index (χ4n) is 2.34. The molecule has 110 valence electrons. The number of imidazole rings is 1. The van der Waals surface area contributed by atoms with Gasteiger partial charge in [0, 0.05) is 16.8 Å². The van der Waals surface area contributed by atoms with Crippen molar-refractivity contribution < 1.29 is 4.74 Å². The van der Waals surface area contributed by atoms with Gasteiger partial charge >= 0.3 is 0 Å². The normalized spacial score (nSPS) is 11.0. The van der Waals surface area contributed by atoms with Crippen LogP contribution in [0.3, 0.4) is 0 Å². The number of hydrogen-bond acceptors (Lipinski definition) is 4. The number of thiazole rings is 1. The monoisotopic (exact) mass is 365 g/mol. The molecule has 6 heteroatoms. The van der Waals surface area contributed by atoms with Crippen molar-refractivity contribution in [3.05, 3.63) is 45.1 Å². The van der Waals surface area contributed by atoms with Gasteiger partial charge in [-0.2, -0.15) is 0 Å². The molecule has 0 radical (unpaired) electrons. The summed E-state index contributed by atoms with van der Waals surface area (Å²) in [4.78, 5) is 5.66. The van der Waals surface area contributed by atoms with Crippen molar-refractivity contribution in [1.29, 1.82) is 0 Å². The van der Waals surface area contributed by atoms with Crippen LogP contribution in [0.25, 0.3) is 4.96 Å². The summed E-state index contributed by atoms with van der Waals surface area (Å²) in [5, 5.41) is 5.58. The van der Waals surface area contributed by atoms with Crippen LogP contribution < -0.4 is 10.1 Å². The molecule has 0 saturated heterocycles. The highest BCUT2D eigenvalue weighted by molar-refractivity contribution is 9.10. The molecule has 0 unspecified atom stereocenters. The molecule has 0 aliphatic heterocycles. The van der Waals surface area contributed by atoms with Crippen LogP contribution in [-0.4, -0.2) is 16.5 Å². The second kappa shape index (κ2) is 5.69. The highest BCUT2D eigenvalue weighted by Crippen LogP contribution is 2.28. The van der Waals surface area contributed by atoms with Crippen LogP contribution in [0.4, 0.5) is 5.69 Å². The average Bonchev–Trinajstić information content (AvgIpc) is 2.96. The van der Waals surface area contributed by atoms with Crippen LogP contribution in [0.2, 0.25) is 0 Å². The standard InChI is InChI=1S/C15H16BrN3OS/c1-9-8-21-15-18-10(2)13(19(9)15)7-17-11-4-5-14(20-3)12(16)6-11/h4-6,8,17H,7H2,1-3H3. The van der Waals surface area contributed by atoms with Crippen molar-refractivity contribution in [2.75, 3.05) is 12.4 Å². The lowest BCUT2D eigenvalue weighted by molar-refractivity contribution is 0.412. The van der Waals surface area contributed by atoms with Crippen molar-refractivity contribution in [1.82, 2.24) is 9.38 Å². The van der Waals surface area contributed by atoms with E-state index in [0.29, 0.717) is 0 Å². The van der Waals surface area contributed by atoms with Gasteiger partial charge in [-0.15, -0.1) is 11.3 Å². The summed E-state index contributed by atoms with van der Waals surface area (Å²) in [7, 11) is 1.67. The SMILES string of the molecule is COc1ccc(NCc2c(C)nc3scc(C)n23)cc1Br. The van der Waals surface area contributed by atoms with E-state index in [1.807, 2.05) is 18.2 Å². The maximum absolute atomic E-state index is 5.25. The summed E-state index contributed by atoms with van der Waals surface area (Å²) in [6, 6.07) is 5.98. The molecule has 1 aromatic carbocycles. The summed E-state index contributed by atoms with van der Waals surface area (Å²) in [6.45, 7) is 4.90. The third-order valence-corrected chi connectivity index (χ3v) is 5.00. The Labute approximate surface area is 135 Å². The van der Waals surface area contributed by atoms with Gasteiger partial charge in [0.2, 0.25) is 0 Å². The maximum Gasteiger partial charge on any atom is 0.194 e. The molecule has 2 aromatic heterocycles. The zero-order valence-corrected chi connectivity index (χ0v) is 14.5. The lowest BCUT2D eigenvalue weighted by Crippen LogP contribution is -2.04. The molecule has 4 nitrogen and oxygen atoms in total. The molecule has 0 atom stereocenters. The molecular formula is C15H16BrN3OS. The van der Waals surface area contributed by atoms with Crippen LogP contribution in [0.5, 0.6) is 5.75 Å². The first-order valence-corrected chi connectivity index (χ1v) is 8.27. The van der Waals surface area contributed by atoms with E-state index < -0.39 is 0 Å². The Hall–Kier alpha value is -1.53. The molecule has 0 spiro atoms. The highest BCUT2D eigenvalue weighted by Gasteiger charge is 2.12. The number of nitrogens with one attached hydrogen (secondary N) is 1. The zero-order chi connectivity index (χ0) is 15.0. The number of rotatable bonds is 4. The Morgan fingerprint density at radius 1 is 1.38 bits per heavy atom. The van der Waals surface area contributed by atoms with Gasteiger partial charge in [0.05, 0.1) is 29.5 Å². The third-order valence-electron chi connectivity index (χ3n) is 3.44. The number of fused-ring (bicyclic) bond motifs is 1. The molecule has 0 aliphatic rings. The molecule has 2 heterocycles. The van der Waals surface area contributed by atoms with E-state index in [4.69, 9.17) is 4.74 Å². The van der Waals surface area contributed by atoms with Gasteiger partial charge in [-0.25, -0.2) is 4.98 Å². The van der Waals surface area contributed by atoms with Crippen LogP contribution >= 0.6 is 27.3 Å². The van der Waals surface area contributed by atoms with Crippen molar-refractivity contribution in [3.8, 4) is 5.75 Å². The lowest BCUT2D eigenvalue weighted by atomic mass is 10.2. The first-order valence-electron chi connectivity index (χ1n) is 6.59. The molecule has 0 aliphatic carbocycles. The second-order valence-corrected chi connectivity index (χ2v) is 6.53. The molecule has 0 bridgehead atoms. The Kier molecular flexibility index (Phi) is 3.91.